The molecule has 41 heavy (non-hydrogen) atoms. The Labute approximate surface area is 246 Å². The second-order valence-electron chi connectivity index (χ2n) is 11.8. The summed E-state index contributed by atoms with van der Waals surface area (Å²) in [5, 5.41) is 9.58. The molecule has 1 aromatic heterocycles. The molecule has 0 saturated carbocycles. The lowest BCUT2D eigenvalue weighted by Gasteiger charge is -2.41. The van der Waals surface area contributed by atoms with E-state index in [0.29, 0.717) is 50.8 Å². The molecule has 4 aliphatic rings. The van der Waals surface area contributed by atoms with E-state index in [1.165, 1.54) is 24.8 Å². The number of carbonyl (C=O) groups excluding carboxylic acids is 1. The summed E-state index contributed by atoms with van der Waals surface area (Å²) in [6, 6.07) is 3.54. The topological polar surface area (TPSA) is 88.8 Å². The predicted molar refractivity (Wildman–Crippen MR) is 163 cm³/mol. The molecule has 0 bridgehead atoms. The van der Waals surface area contributed by atoms with Crippen molar-refractivity contribution in [2.75, 3.05) is 57.3 Å². The molecule has 9 heteroatoms. The van der Waals surface area contributed by atoms with E-state index >= 15 is 0 Å². The highest BCUT2D eigenvalue weighted by Crippen LogP contribution is 2.32. The molecular weight excluding hydrogens is 514 g/mol. The quantitative estimate of drug-likeness (QED) is 0.329. The molecule has 224 valence electrons. The fraction of sp³-hybridized carbons (Fsp3) is 0.688. The Kier molecular flexibility index (Phi) is 11.6. The number of rotatable bonds is 9. The first-order chi connectivity index (χ1) is 20.0. The fourth-order valence-electron chi connectivity index (χ4n) is 6.75. The number of ether oxygens (including phenoxy) is 1. The van der Waals surface area contributed by atoms with Crippen molar-refractivity contribution in [2.24, 2.45) is 0 Å². The van der Waals surface area contributed by atoms with Gasteiger partial charge in [0.2, 0.25) is 5.91 Å². The van der Waals surface area contributed by atoms with Gasteiger partial charge in [-0.05, 0) is 84.8 Å². The summed E-state index contributed by atoms with van der Waals surface area (Å²) < 4.78 is 6.27. The van der Waals surface area contributed by atoms with Gasteiger partial charge >= 0.3 is 6.01 Å². The van der Waals surface area contributed by atoms with E-state index in [1.807, 2.05) is 11.0 Å². The van der Waals surface area contributed by atoms with Gasteiger partial charge in [-0.15, -0.1) is 13.2 Å². The summed E-state index contributed by atoms with van der Waals surface area (Å²) in [5.74, 6) is 0.954. The Balaban J connectivity index is 0.00000189. The average Bonchev–Trinajstić information content (AvgIpc) is 3.69. The van der Waals surface area contributed by atoms with Crippen LogP contribution in [0, 0.1) is 11.3 Å². The maximum atomic E-state index is 13.1. The lowest BCUT2D eigenvalue weighted by molar-refractivity contribution is -0.128. The zero-order chi connectivity index (χ0) is 29.2. The van der Waals surface area contributed by atoms with Crippen molar-refractivity contribution >= 4 is 11.7 Å². The van der Waals surface area contributed by atoms with Crippen LogP contribution < -0.4 is 9.64 Å². The highest BCUT2D eigenvalue weighted by molar-refractivity contribution is 5.88. The number of nitrogens with zero attached hydrogens (tertiary/aromatic N) is 7. The molecule has 1 aromatic rings. The van der Waals surface area contributed by atoms with Gasteiger partial charge in [-0.3, -0.25) is 14.6 Å². The number of fused-ring (bicyclic) bond motifs is 1. The van der Waals surface area contributed by atoms with Gasteiger partial charge in [0.1, 0.15) is 12.4 Å². The van der Waals surface area contributed by atoms with Crippen LogP contribution in [0.5, 0.6) is 6.01 Å². The minimum atomic E-state index is -0.163. The molecule has 0 unspecified atom stereocenters. The van der Waals surface area contributed by atoms with Gasteiger partial charge in [-0.2, -0.15) is 15.2 Å². The van der Waals surface area contributed by atoms with Crippen LogP contribution in [0.15, 0.2) is 25.3 Å². The van der Waals surface area contributed by atoms with Crippen LogP contribution in [0.2, 0.25) is 0 Å². The summed E-state index contributed by atoms with van der Waals surface area (Å²) in [6.45, 7) is 17.2. The second kappa shape index (κ2) is 15.3. The molecule has 9 nitrogen and oxygen atoms in total. The lowest BCUT2D eigenvalue weighted by Crippen LogP contribution is -2.55. The molecule has 3 saturated heterocycles. The Morgan fingerprint density at radius 2 is 1.83 bits per heavy atom. The van der Waals surface area contributed by atoms with E-state index in [9.17, 15) is 10.1 Å². The summed E-state index contributed by atoms with van der Waals surface area (Å²) in [6.07, 6.45) is 13.0. The van der Waals surface area contributed by atoms with Gasteiger partial charge in [0.25, 0.3) is 0 Å². The van der Waals surface area contributed by atoms with Gasteiger partial charge in [0.05, 0.1) is 24.2 Å². The fourth-order valence-corrected chi connectivity index (χ4v) is 6.75. The number of hydrogen-bond acceptors (Lipinski definition) is 8. The van der Waals surface area contributed by atoms with E-state index < -0.39 is 0 Å². The SMILES string of the molecule is C=C.CC(C)N1CCC[C@H]1COc1nc2c(c(N3CCN(C(=O)/C=C/CN4CCCC4)[C@@H](CC#N)C3)n1)CCCC2. The van der Waals surface area contributed by atoms with Gasteiger partial charge < -0.3 is 14.5 Å². The number of likely N-dealkylation sites (tertiary alicyclic amines) is 2. The van der Waals surface area contributed by atoms with Gasteiger partial charge in [0, 0.05) is 49.9 Å². The number of hydrogen-bond donors (Lipinski definition) is 0. The third-order valence-corrected chi connectivity index (χ3v) is 8.85. The van der Waals surface area contributed by atoms with Crippen molar-refractivity contribution in [3.05, 3.63) is 36.6 Å². The molecule has 1 aliphatic carbocycles. The zero-order valence-electron chi connectivity index (χ0n) is 25.3. The van der Waals surface area contributed by atoms with E-state index in [2.05, 4.69) is 47.8 Å². The number of carbonyl (C=O) groups is 1. The van der Waals surface area contributed by atoms with Crippen molar-refractivity contribution in [1.82, 2.24) is 24.7 Å². The van der Waals surface area contributed by atoms with Crippen LogP contribution in [0.4, 0.5) is 5.82 Å². The number of aryl methyl sites for hydroxylation is 1. The largest absolute Gasteiger partial charge is 0.462 e. The predicted octanol–water partition coefficient (Wildman–Crippen LogP) is 3.99. The zero-order valence-corrected chi connectivity index (χ0v) is 25.3. The minimum absolute atomic E-state index is 0.00843. The second-order valence-corrected chi connectivity index (χ2v) is 11.8. The van der Waals surface area contributed by atoms with Crippen molar-refractivity contribution in [1.29, 1.82) is 5.26 Å². The number of amides is 1. The molecule has 4 heterocycles. The molecule has 1 amide bonds. The summed E-state index contributed by atoms with van der Waals surface area (Å²) in [7, 11) is 0. The number of aromatic nitrogens is 2. The Hall–Kier alpha value is -2.96. The van der Waals surface area contributed by atoms with Crippen LogP contribution in [0.3, 0.4) is 0 Å². The van der Waals surface area contributed by atoms with Crippen LogP contribution in [-0.4, -0.2) is 101 Å². The first-order valence-corrected chi connectivity index (χ1v) is 15.6. The maximum Gasteiger partial charge on any atom is 0.318 e. The van der Waals surface area contributed by atoms with Gasteiger partial charge in [-0.25, -0.2) is 0 Å². The summed E-state index contributed by atoms with van der Waals surface area (Å²) >= 11 is 0. The monoisotopic (exact) mass is 563 g/mol. The first-order valence-electron chi connectivity index (χ1n) is 15.6. The standard InChI is InChI=1S/C30H45N7O2.C2H4/c1-23(2)36-18-7-9-25(36)22-39-30-32-27-11-4-3-10-26(27)29(33-30)35-19-20-37(24(21-35)13-14-31)28(38)12-8-17-34-15-5-6-16-34;1-2/h8,12,23-25H,3-7,9-11,13,15-22H2,1-2H3;1-2H2/b12-8+;/t24-,25-;/m0./s1. The number of anilines is 1. The number of piperazine rings is 1. The summed E-state index contributed by atoms with van der Waals surface area (Å²) in [5.41, 5.74) is 2.33. The minimum Gasteiger partial charge on any atom is -0.462 e. The molecule has 3 aliphatic heterocycles. The Bertz CT molecular complexity index is 1080. The molecule has 3 fully saturated rings. The van der Waals surface area contributed by atoms with Crippen molar-refractivity contribution in [2.45, 2.75) is 89.8 Å². The third-order valence-electron chi connectivity index (χ3n) is 8.85. The first kappa shape index (κ1) is 31.0. The molecule has 2 atom stereocenters. The molecular formula is C32H49N7O2. The third kappa shape index (κ3) is 7.87. The molecule has 5 rings (SSSR count). The van der Waals surface area contributed by atoms with Crippen LogP contribution in [0.1, 0.15) is 70.1 Å². The Morgan fingerprint density at radius 3 is 2.59 bits per heavy atom. The maximum absolute atomic E-state index is 13.1. The molecule has 0 aromatic carbocycles. The average molecular weight is 564 g/mol. The van der Waals surface area contributed by atoms with E-state index in [0.717, 1.165) is 69.8 Å². The van der Waals surface area contributed by atoms with Crippen molar-refractivity contribution < 1.29 is 9.53 Å². The molecule has 0 N–H and O–H groups in total. The normalized spacial score (nSPS) is 23.4. The smallest absolute Gasteiger partial charge is 0.318 e. The van der Waals surface area contributed by atoms with Crippen molar-refractivity contribution in [3.63, 3.8) is 0 Å². The number of nitriles is 1. The molecule has 0 spiro atoms. The Morgan fingerprint density at radius 1 is 1.05 bits per heavy atom. The van der Waals surface area contributed by atoms with E-state index in [1.54, 1.807) is 6.08 Å². The lowest BCUT2D eigenvalue weighted by atomic mass is 9.95. The van der Waals surface area contributed by atoms with Crippen LogP contribution in [-0.2, 0) is 17.6 Å². The van der Waals surface area contributed by atoms with Crippen molar-refractivity contribution in [3.8, 4) is 12.1 Å². The van der Waals surface area contributed by atoms with Gasteiger partial charge in [0.15, 0.2) is 0 Å². The highest BCUT2D eigenvalue weighted by atomic mass is 16.5. The highest BCUT2D eigenvalue weighted by Gasteiger charge is 2.33. The van der Waals surface area contributed by atoms with E-state index in [4.69, 9.17) is 14.7 Å². The van der Waals surface area contributed by atoms with Crippen LogP contribution in [0.25, 0.3) is 0 Å². The van der Waals surface area contributed by atoms with E-state index in [-0.39, 0.29) is 11.9 Å². The summed E-state index contributed by atoms with van der Waals surface area (Å²) in [4.78, 5) is 32.0. The van der Waals surface area contributed by atoms with Crippen LogP contribution >= 0.6 is 0 Å². The molecule has 0 radical (unpaired) electrons. The van der Waals surface area contributed by atoms with Gasteiger partial charge in [-0.1, -0.05) is 6.08 Å².